The Morgan fingerprint density at radius 2 is 1.93 bits per heavy atom. The van der Waals surface area contributed by atoms with Crippen LogP contribution in [0.5, 0.6) is 11.5 Å². The van der Waals surface area contributed by atoms with Crippen LogP contribution < -0.4 is 9.47 Å². The van der Waals surface area contributed by atoms with Gasteiger partial charge in [-0.25, -0.2) is 0 Å². The summed E-state index contributed by atoms with van der Waals surface area (Å²) in [5, 5.41) is 0. The summed E-state index contributed by atoms with van der Waals surface area (Å²) in [6, 6.07) is 5.42. The molecule has 0 heterocycles. The molecule has 0 unspecified atom stereocenters. The van der Waals surface area contributed by atoms with Gasteiger partial charge in [-0.3, -0.25) is 4.79 Å². The SMILES string of the molecule is COc1ccc(/C(Br)=C/C=O)cc1OC. The van der Waals surface area contributed by atoms with Crippen molar-refractivity contribution < 1.29 is 14.3 Å². The lowest BCUT2D eigenvalue weighted by molar-refractivity contribution is -0.104. The van der Waals surface area contributed by atoms with Crippen molar-refractivity contribution in [3.05, 3.63) is 29.8 Å². The maximum atomic E-state index is 10.3. The monoisotopic (exact) mass is 270 g/mol. The molecule has 0 bridgehead atoms. The molecule has 1 rings (SSSR count). The van der Waals surface area contributed by atoms with Gasteiger partial charge in [0, 0.05) is 4.48 Å². The Morgan fingerprint density at radius 3 is 2.47 bits per heavy atom. The smallest absolute Gasteiger partial charge is 0.161 e. The molecule has 1 aromatic carbocycles. The van der Waals surface area contributed by atoms with Crippen molar-refractivity contribution in [1.82, 2.24) is 0 Å². The van der Waals surface area contributed by atoms with E-state index in [1.54, 1.807) is 26.4 Å². The summed E-state index contributed by atoms with van der Waals surface area (Å²) in [5.74, 6) is 1.29. The molecule has 1 aromatic rings. The zero-order chi connectivity index (χ0) is 11.3. The number of rotatable bonds is 4. The predicted octanol–water partition coefficient (Wildman–Crippen LogP) is 2.64. The molecule has 0 aliphatic heterocycles. The molecule has 0 saturated carbocycles. The quantitative estimate of drug-likeness (QED) is 0.623. The van der Waals surface area contributed by atoms with E-state index in [9.17, 15) is 4.79 Å². The fourth-order valence-electron chi connectivity index (χ4n) is 1.14. The number of hydrogen-bond acceptors (Lipinski definition) is 3. The van der Waals surface area contributed by atoms with Crippen molar-refractivity contribution in [2.75, 3.05) is 14.2 Å². The fourth-order valence-corrected chi connectivity index (χ4v) is 1.50. The van der Waals surface area contributed by atoms with Crippen molar-refractivity contribution in [2.24, 2.45) is 0 Å². The second-order valence-corrected chi connectivity index (χ2v) is 3.57. The highest BCUT2D eigenvalue weighted by molar-refractivity contribution is 9.15. The Hall–Kier alpha value is -1.29. The molecule has 0 fully saturated rings. The minimum absolute atomic E-state index is 0.631. The standard InChI is InChI=1S/C11H11BrO3/c1-14-10-4-3-8(7-11(10)15-2)9(12)5-6-13/h3-7H,1-2H3/b9-5-. The number of allylic oxidation sites excluding steroid dienone is 1. The summed E-state index contributed by atoms with van der Waals surface area (Å²) in [6.07, 6.45) is 2.15. The van der Waals surface area contributed by atoms with Gasteiger partial charge in [0.2, 0.25) is 0 Å². The van der Waals surface area contributed by atoms with Gasteiger partial charge in [0.05, 0.1) is 14.2 Å². The van der Waals surface area contributed by atoms with E-state index in [0.29, 0.717) is 16.0 Å². The number of halogens is 1. The van der Waals surface area contributed by atoms with Crippen molar-refractivity contribution in [1.29, 1.82) is 0 Å². The van der Waals surface area contributed by atoms with Gasteiger partial charge < -0.3 is 9.47 Å². The molecule has 15 heavy (non-hydrogen) atoms. The van der Waals surface area contributed by atoms with Gasteiger partial charge in [-0.2, -0.15) is 0 Å². The van der Waals surface area contributed by atoms with Crippen molar-refractivity contribution >= 4 is 26.7 Å². The minimum Gasteiger partial charge on any atom is -0.493 e. The number of methoxy groups -OCH3 is 2. The minimum atomic E-state index is 0.631. The third-order valence-corrected chi connectivity index (χ3v) is 2.60. The van der Waals surface area contributed by atoms with Crippen LogP contribution in [-0.2, 0) is 4.79 Å². The molecule has 80 valence electrons. The third kappa shape index (κ3) is 2.83. The van der Waals surface area contributed by atoms with Gasteiger partial charge in [-0.1, -0.05) is 15.9 Å². The Balaban J connectivity index is 3.13. The zero-order valence-corrected chi connectivity index (χ0v) is 10.1. The average Bonchev–Trinajstić information content (AvgIpc) is 2.28. The van der Waals surface area contributed by atoms with E-state index in [4.69, 9.17) is 9.47 Å². The van der Waals surface area contributed by atoms with Gasteiger partial charge in [0.1, 0.15) is 6.29 Å². The molecule has 0 spiro atoms. The van der Waals surface area contributed by atoms with Crippen LogP contribution >= 0.6 is 15.9 Å². The van der Waals surface area contributed by atoms with E-state index in [1.165, 1.54) is 6.08 Å². The first kappa shape index (κ1) is 11.8. The van der Waals surface area contributed by atoms with Gasteiger partial charge >= 0.3 is 0 Å². The maximum absolute atomic E-state index is 10.3. The Labute approximate surface area is 96.8 Å². The largest absolute Gasteiger partial charge is 0.493 e. The highest BCUT2D eigenvalue weighted by Crippen LogP contribution is 2.31. The molecule has 0 amide bonds. The molecule has 0 aliphatic carbocycles. The Bertz CT molecular complexity index is 385. The second kappa shape index (κ2) is 5.56. The van der Waals surface area contributed by atoms with Crippen LogP contribution in [0.3, 0.4) is 0 Å². The van der Waals surface area contributed by atoms with Gasteiger partial charge in [-0.05, 0) is 29.8 Å². The van der Waals surface area contributed by atoms with Crippen LogP contribution in [0.15, 0.2) is 24.3 Å². The number of carbonyl (C=O) groups is 1. The second-order valence-electron chi connectivity index (χ2n) is 2.72. The van der Waals surface area contributed by atoms with Gasteiger partial charge in [-0.15, -0.1) is 0 Å². The van der Waals surface area contributed by atoms with E-state index in [1.807, 2.05) is 6.07 Å². The lowest BCUT2D eigenvalue weighted by Gasteiger charge is -2.08. The van der Waals surface area contributed by atoms with Gasteiger partial charge in [0.25, 0.3) is 0 Å². The van der Waals surface area contributed by atoms with Crippen LogP contribution in [0.2, 0.25) is 0 Å². The van der Waals surface area contributed by atoms with Crippen molar-refractivity contribution in [3.8, 4) is 11.5 Å². The zero-order valence-electron chi connectivity index (χ0n) is 8.49. The molecule has 4 heteroatoms. The highest BCUT2D eigenvalue weighted by Gasteiger charge is 2.05. The third-order valence-electron chi connectivity index (χ3n) is 1.87. The Kier molecular flexibility index (Phi) is 4.37. The lowest BCUT2D eigenvalue weighted by atomic mass is 10.2. The number of ether oxygens (including phenoxy) is 2. The van der Waals surface area contributed by atoms with Gasteiger partial charge in [0.15, 0.2) is 11.5 Å². The summed E-state index contributed by atoms with van der Waals surface area (Å²) >= 11 is 3.29. The van der Waals surface area contributed by atoms with E-state index in [2.05, 4.69) is 15.9 Å². The summed E-state index contributed by atoms with van der Waals surface area (Å²) < 4.78 is 11.0. The number of carbonyl (C=O) groups excluding carboxylic acids is 1. The van der Waals surface area contributed by atoms with E-state index in [-0.39, 0.29) is 0 Å². The molecular weight excluding hydrogens is 260 g/mol. The predicted molar refractivity (Wildman–Crippen MR) is 62.5 cm³/mol. The molecule has 0 saturated heterocycles. The summed E-state index contributed by atoms with van der Waals surface area (Å²) in [6.45, 7) is 0. The molecule has 0 atom stereocenters. The van der Waals surface area contributed by atoms with Crippen LogP contribution in [0, 0.1) is 0 Å². The van der Waals surface area contributed by atoms with Crippen LogP contribution in [0.1, 0.15) is 5.56 Å². The molecule has 0 aliphatic rings. The molecule has 3 nitrogen and oxygen atoms in total. The molecule has 0 aromatic heterocycles. The first-order valence-electron chi connectivity index (χ1n) is 4.26. The lowest BCUT2D eigenvalue weighted by Crippen LogP contribution is -1.91. The first-order chi connectivity index (χ1) is 7.22. The van der Waals surface area contributed by atoms with E-state index in [0.717, 1.165) is 11.8 Å². The number of benzene rings is 1. The van der Waals surface area contributed by atoms with Crippen LogP contribution in [0.25, 0.3) is 4.48 Å². The molecular formula is C11H11BrO3. The Morgan fingerprint density at radius 1 is 1.27 bits per heavy atom. The van der Waals surface area contributed by atoms with Crippen LogP contribution in [0.4, 0.5) is 0 Å². The van der Waals surface area contributed by atoms with E-state index < -0.39 is 0 Å². The summed E-state index contributed by atoms with van der Waals surface area (Å²) in [4.78, 5) is 10.3. The molecule has 0 N–H and O–H groups in total. The average molecular weight is 271 g/mol. The molecule has 0 radical (unpaired) electrons. The highest BCUT2D eigenvalue weighted by atomic mass is 79.9. The fraction of sp³-hybridized carbons (Fsp3) is 0.182. The van der Waals surface area contributed by atoms with Crippen molar-refractivity contribution in [3.63, 3.8) is 0 Å². The number of hydrogen-bond donors (Lipinski definition) is 0. The maximum Gasteiger partial charge on any atom is 0.161 e. The normalized spacial score (nSPS) is 11.0. The number of aldehydes is 1. The van der Waals surface area contributed by atoms with Crippen LogP contribution in [-0.4, -0.2) is 20.5 Å². The van der Waals surface area contributed by atoms with Crippen molar-refractivity contribution in [2.45, 2.75) is 0 Å². The summed E-state index contributed by atoms with van der Waals surface area (Å²) in [5.41, 5.74) is 0.861. The van der Waals surface area contributed by atoms with E-state index >= 15 is 0 Å². The topological polar surface area (TPSA) is 35.5 Å². The summed E-state index contributed by atoms with van der Waals surface area (Å²) in [7, 11) is 3.15. The first-order valence-corrected chi connectivity index (χ1v) is 5.05.